The van der Waals surface area contributed by atoms with E-state index in [1.807, 2.05) is 49.3 Å². The quantitative estimate of drug-likeness (QED) is 0.374. The van der Waals surface area contributed by atoms with Crippen LogP contribution in [0.15, 0.2) is 46.2 Å². The van der Waals surface area contributed by atoms with Crippen molar-refractivity contribution in [1.29, 1.82) is 0 Å². The molecule has 1 amide bonds. The van der Waals surface area contributed by atoms with Crippen molar-refractivity contribution in [2.75, 3.05) is 32.1 Å². The fraction of sp³-hybridized carbons (Fsp3) is 0.407. The maximum absolute atomic E-state index is 13.8. The summed E-state index contributed by atoms with van der Waals surface area (Å²) in [5.41, 5.74) is 2.35. The SMILES string of the molecule is CC1CC2(CCN(C(=O)c3ncnc(N(C)C)c3OCc3ccccc3)CC2)c2c1nc1nc(Br)[nH]n1c2=O. The number of benzene rings is 1. The molecule has 0 bridgehead atoms. The van der Waals surface area contributed by atoms with Crippen molar-refractivity contribution in [1.82, 2.24) is 34.4 Å². The third-order valence-electron chi connectivity index (χ3n) is 7.83. The Bertz CT molecular complexity index is 1610. The number of aromatic amines is 1. The summed E-state index contributed by atoms with van der Waals surface area (Å²) in [6, 6.07) is 9.78. The monoisotopic (exact) mass is 592 g/mol. The Hall–Kier alpha value is -3.80. The molecule has 1 N–H and O–H groups in total. The van der Waals surface area contributed by atoms with E-state index in [1.54, 1.807) is 4.90 Å². The van der Waals surface area contributed by atoms with Crippen molar-refractivity contribution in [3.8, 4) is 5.75 Å². The first-order valence-electron chi connectivity index (χ1n) is 12.9. The molecule has 1 saturated heterocycles. The Morgan fingerprint density at radius 1 is 1.18 bits per heavy atom. The standard InChI is InChI=1S/C27H29BrN8O3/c1-16-13-27(18-19(16)31-26-32-25(28)33-36(26)23(18)37)9-11-35(12-10-27)24(38)20-21(22(34(2)3)30-15-29-20)39-14-17-7-5-4-6-8-17/h4-8,15-16H,9-14H2,1-3H3,(H,31,32,33). The zero-order valence-electron chi connectivity index (χ0n) is 22.0. The average molecular weight is 593 g/mol. The van der Waals surface area contributed by atoms with Crippen LogP contribution in [0.1, 0.15) is 59.4 Å². The van der Waals surface area contributed by atoms with Gasteiger partial charge >= 0.3 is 0 Å². The van der Waals surface area contributed by atoms with Crippen molar-refractivity contribution in [3.63, 3.8) is 0 Å². The number of anilines is 1. The number of amides is 1. The number of likely N-dealkylation sites (tertiary alicyclic amines) is 1. The molecule has 1 atom stereocenters. The zero-order valence-corrected chi connectivity index (χ0v) is 23.6. The highest BCUT2D eigenvalue weighted by atomic mass is 79.9. The van der Waals surface area contributed by atoms with Gasteiger partial charge in [0.15, 0.2) is 22.0 Å². The number of piperidine rings is 1. The molecule has 39 heavy (non-hydrogen) atoms. The highest BCUT2D eigenvalue weighted by Crippen LogP contribution is 2.49. The number of halogens is 1. The number of rotatable bonds is 5. The fourth-order valence-corrected chi connectivity index (χ4v) is 6.32. The number of fused-ring (bicyclic) bond motifs is 3. The number of hydrogen-bond donors (Lipinski definition) is 1. The molecule has 3 aromatic heterocycles. The first-order valence-corrected chi connectivity index (χ1v) is 13.7. The van der Waals surface area contributed by atoms with Crippen molar-refractivity contribution in [2.24, 2.45) is 0 Å². The van der Waals surface area contributed by atoms with Crippen molar-refractivity contribution in [3.05, 3.63) is 74.3 Å². The Balaban J connectivity index is 1.27. The Morgan fingerprint density at radius 3 is 2.64 bits per heavy atom. The molecular formula is C27H29BrN8O3. The first kappa shape index (κ1) is 25.5. The number of hydrogen-bond acceptors (Lipinski definition) is 8. The highest BCUT2D eigenvalue weighted by Gasteiger charge is 2.48. The van der Waals surface area contributed by atoms with Crippen LogP contribution in [0.3, 0.4) is 0 Å². The minimum Gasteiger partial charge on any atom is -0.483 e. The third-order valence-corrected chi connectivity index (χ3v) is 8.19. The van der Waals surface area contributed by atoms with Gasteiger partial charge in [-0.25, -0.2) is 15.0 Å². The Morgan fingerprint density at radius 2 is 1.92 bits per heavy atom. The predicted octanol–water partition coefficient (Wildman–Crippen LogP) is 3.30. The predicted molar refractivity (Wildman–Crippen MR) is 148 cm³/mol. The molecular weight excluding hydrogens is 564 g/mol. The molecule has 0 radical (unpaired) electrons. The van der Waals surface area contributed by atoms with Crippen molar-refractivity contribution < 1.29 is 9.53 Å². The molecule has 12 heteroatoms. The van der Waals surface area contributed by atoms with E-state index in [2.05, 4.69) is 42.9 Å². The van der Waals surface area contributed by atoms with E-state index in [0.29, 0.717) is 54.6 Å². The number of carbonyl (C=O) groups is 1. The second kappa shape index (κ2) is 9.74. The molecule has 1 aromatic carbocycles. The van der Waals surface area contributed by atoms with E-state index in [1.165, 1.54) is 10.8 Å². The molecule has 2 aliphatic rings. The van der Waals surface area contributed by atoms with Crippen LogP contribution in [0.25, 0.3) is 5.78 Å². The molecule has 1 spiro atoms. The van der Waals surface area contributed by atoms with Gasteiger partial charge in [-0.05, 0) is 46.7 Å². The zero-order chi connectivity index (χ0) is 27.3. The summed E-state index contributed by atoms with van der Waals surface area (Å²) in [5, 5.41) is 2.94. The number of nitrogens with zero attached hydrogens (tertiary/aromatic N) is 7. The molecule has 4 aromatic rings. The molecule has 1 unspecified atom stereocenters. The second-order valence-corrected chi connectivity index (χ2v) is 11.3. The molecule has 11 nitrogen and oxygen atoms in total. The van der Waals surface area contributed by atoms with Crippen LogP contribution >= 0.6 is 15.9 Å². The Kier molecular flexibility index (Phi) is 6.37. The van der Waals surface area contributed by atoms with Gasteiger partial charge in [-0.2, -0.15) is 9.50 Å². The molecule has 202 valence electrons. The van der Waals surface area contributed by atoms with Gasteiger partial charge in [0, 0.05) is 38.2 Å². The topological polar surface area (TPSA) is 122 Å². The Labute approximate surface area is 233 Å². The normalized spacial score (nSPS) is 17.9. The van der Waals surface area contributed by atoms with E-state index in [4.69, 9.17) is 9.72 Å². The minimum atomic E-state index is -0.332. The van der Waals surface area contributed by atoms with E-state index in [-0.39, 0.29) is 28.5 Å². The fourth-order valence-electron chi connectivity index (χ4n) is 5.99. The van der Waals surface area contributed by atoms with Crippen LogP contribution in [0.5, 0.6) is 5.75 Å². The van der Waals surface area contributed by atoms with Gasteiger partial charge in [-0.1, -0.05) is 37.3 Å². The maximum Gasteiger partial charge on any atom is 0.278 e. The van der Waals surface area contributed by atoms with Gasteiger partial charge in [0.05, 0.1) is 5.69 Å². The van der Waals surface area contributed by atoms with Crippen LogP contribution in [-0.2, 0) is 12.0 Å². The first-order chi connectivity index (χ1) is 18.8. The molecule has 4 heterocycles. The van der Waals surface area contributed by atoms with E-state index in [0.717, 1.165) is 23.2 Å². The third kappa shape index (κ3) is 4.36. The number of H-pyrrole nitrogens is 1. The maximum atomic E-state index is 13.8. The van der Waals surface area contributed by atoms with Crippen LogP contribution in [0.2, 0.25) is 0 Å². The number of nitrogens with one attached hydrogen (secondary N) is 1. The molecule has 0 saturated carbocycles. The lowest BCUT2D eigenvalue weighted by molar-refractivity contribution is 0.0651. The smallest absolute Gasteiger partial charge is 0.278 e. The van der Waals surface area contributed by atoms with Gasteiger partial charge in [0.1, 0.15) is 12.9 Å². The van der Waals surface area contributed by atoms with Gasteiger partial charge < -0.3 is 14.5 Å². The summed E-state index contributed by atoms with van der Waals surface area (Å²) in [5.74, 6) is 1.22. The van der Waals surface area contributed by atoms with Crippen molar-refractivity contribution in [2.45, 2.75) is 44.1 Å². The minimum absolute atomic E-state index is 0.111. The van der Waals surface area contributed by atoms with Gasteiger partial charge in [-0.15, -0.1) is 0 Å². The summed E-state index contributed by atoms with van der Waals surface area (Å²) in [4.78, 5) is 48.7. The van der Waals surface area contributed by atoms with Crippen LogP contribution in [-0.4, -0.2) is 67.5 Å². The lowest BCUT2D eigenvalue weighted by Crippen LogP contribution is -2.46. The van der Waals surface area contributed by atoms with Crippen LogP contribution in [0, 0.1) is 0 Å². The molecule has 1 fully saturated rings. The largest absolute Gasteiger partial charge is 0.483 e. The summed E-state index contributed by atoms with van der Waals surface area (Å²) in [6.07, 6.45) is 3.56. The highest BCUT2D eigenvalue weighted by molar-refractivity contribution is 9.10. The number of ether oxygens (including phenoxy) is 1. The second-order valence-electron chi connectivity index (χ2n) is 10.5. The van der Waals surface area contributed by atoms with Crippen molar-refractivity contribution >= 4 is 33.4 Å². The molecule has 1 aliphatic heterocycles. The summed E-state index contributed by atoms with van der Waals surface area (Å²) < 4.78 is 8.03. The lowest BCUT2D eigenvalue weighted by Gasteiger charge is -2.39. The molecule has 1 aliphatic carbocycles. The average Bonchev–Trinajstić information content (AvgIpc) is 3.44. The number of aromatic nitrogens is 6. The van der Waals surface area contributed by atoms with Gasteiger partial charge in [0.2, 0.25) is 0 Å². The van der Waals surface area contributed by atoms with Crippen LogP contribution in [0.4, 0.5) is 5.82 Å². The summed E-state index contributed by atoms with van der Waals surface area (Å²) in [7, 11) is 3.72. The summed E-state index contributed by atoms with van der Waals surface area (Å²) >= 11 is 3.31. The van der Waals surface area contributed by atoms with Gasteiger partial charge in [0.25, 0.3) is 17.2 Å². The number of carbonyl (C=O) groups excluding carboxylic acids is 1. The van der Waals surface area contributed by atoms with E-state index in [9.17, 15) is 9.59 Å². The van der Waals surface area contributed by atoms with Gasteiger partial charge in [-0.3, -0.25) is 14.7 Å². The van der Waals surface area contributed by atoms with E-state index >= 15 is 0 Å². The molecule has 6 rings (SSSR count). The lowest BCUT2D eigenvalue weighted by atomic mass is 9.73. The van der Waals surface area contributed by atoms with Crippen LogP contribution < -0.4 is 15.2 Å². The van der Waals surface area contributed by atoms with E-state index < -0.39 is 0 Å². The summed E-state index contributed by atoms with van der Waals surface area (Å²) in [6.45, 7) is 3.40.